The first kappa shape index (κ1) is 19.4. The molecule has 1 amide bonds. The van der Waals surface area contributed by atoms with E-state index in [0.29, 0.717) is 28.7 Å². The Morgan fingerprint density at radius 2 is 1.97 bits per heavy atom. The van der Waals surface area contributed by atoms with Crippen molar-refractivity contribution in [1.29, 1.82) is 0 Å². The summed E-state index contributed by atoms with van der Waals surface area (Å²) in [6.07, 6.45) is 1.71. The van der Waals surface area contributed by atoms with E-state index in [0.717, 1.165) is 28.1 Å². The van der Waals surface area contributed by atoms with E-state index < -0.39 is 0 Å². The standard InChI is InChI=1S/C22H18Cl2N4O/c1-14-27-20-8-6-15(22(29)26-12-18-4-2-3-9-25-18)10-21(20)28(14)13-16-5-7-17(23)11-19(16)24/h2-11H,12-13H2,1H3,(H,26,29). The first-order chi connectivity index (χ1) is 14.0. The predicted molar refractivity (Wildman–Crippen MR) is 115 cm³/mol. The quantitative estimate of drug-likeness (QED) is 0.488. The van der Waals surface area contributed by atoms with Crippen LogP contribution in [0.25, 0.3) is 11.0 Å². The van der Waals surface area contributed by atoms with Gasteiger partial charge in [-0.3, -0.25) is 9.78 Å². The van der Waals surface area contributed by atoms with Crippen LogP contribution in [0.1, 0.15) is 27.4 Å². The van der Waals surface area contributed by atoms with Crippen molar-refractivity contribution in [3.05, 3.63) is 93.5 Å². The van der Waals surface area contributed by atoms with Crippen LogP contribution in [0.4, 0.5) is 0 Å². The van der Waals surface area contributed by atoms with Gasteiger partial charge < -0.3 is 9.88 Å². The average Bonchev–Trinajstić information content (AvgIpc) is 3.03. The molecule has 0 unspecified atom stereocenters. The van der Waals surface area contributed by atoms with E-state index in [4.69, 9.17) is 23.2 Å². The number of hydrogen-bond acceptors (Lipinski definition) is 3. The van der Waals surface area contributed by atoms with E-state index in [9.17, 15) is 4.79 Å². The Morgan fingerprint density at radius 3 is 2.72 bits per heavy atom. The van der Waals surface area contributed by atoms with Gasteiger partial charge in [0.2, 0.25) is 0 Å². The molecule has 2 heterocycles. The summed E-state index contributed by atoms with van der Waals surface area (Å²) in [4.78, 5) is 21.5. The molecule has 2 aromatic heterocycles. The monoisotopic (exact) mass is 424 g/mol. The van der Waals surface area contributed by atoms with Crippen LogP contribution in [0.15, 0.2) is 60.8 Å². The van der Waals surface area contributed by atoms with Gasteiger partial charge in [-0.1, -0.05) is 35.3 Å². The summed E-state index contributed by atoms with van der Waals surface area (Å²) in [7, 11) is 0. The minimum atomic E-state index is -0.160. The molecule has 0 spiro atoms. The maximum Gasteiger partial charge on any atom is 0.251 e. The number of rotatable bonds is 5. The fourth-order valence-electron chi connectivity index (χ4n) is 3.18. The van der Waals surface area contributed by atoms with Crippen molar-refractivity contribution >= 4 is 40.1 Å². The highest BCUT2D eigenvalue weighted by Gasteiger charge is 2.13. The van der Waals surface area contributed by atoms with Crippen LogP contribution in [0, 0.1) is 6.92 Å². The van der Waals surface area contributed by atoms with Crippen LogP contribution >= 0.6 is 23.2 Å². The van der Waals surface area contributed by atoms with Crippen molar-refractivity contribution in [2.75, 3.05) is 0 Å². The number of imidazole rings is 1. The normalized spacial score (nSPS) is 11.0. The molecular formula is C22H18Cl2N4O. The number of hydrogen-bond donors (Lipinski definition) is 1. The molecule has 4 rings (SSSR count). The Morgan fingerprint density at radius 1 is 1.10 bits per heavy atom. The first-order valence-corrected chi connectivity index (χ1v) is 9.86. The Balaban J connectivity index is 1.61. The molecule has 0 fully saturated rings. The van der Waals surface area contributed by atoms with Crippen LogP contribution in [-0.4, -0.2) is 20.4 Å². The second-order valence-corrected chi connectivity index (χ2v) is 7.53. The number of pyridine rings is 1. The SMILES string of the molecule is Cc1nc2ccc(C(=O)NCc3ccccn3)cc2n1Cc1ccc(Cl)cc1Cl. The van der Waals surface area contributed by atoms with E-state index in [1.165, 1.54) is 0 Å². The third-order valence-electron chi connectivity index (χ3n) is 4.70. The largest absolute Gasteiger partial charge is 0.346 e. The van der Waals surface area contributed by atoms with E-state index in [-0.39, 0.29) is 5.91 Å². The highest BCUT2D eigenvalue weighted by Crippen LogP contribution is 2.25. The summed E-state index contributed by atoms with van der Waals surface area (Å²) < 4.78 is 2.04. The number of amides is 1. The van der Waals surface area contributed by atoms with Gasteiger partial charge in [-0.05, 0) is 55.0 Å². The highest BCUT2D eigenvalue weighted by atomic mass is 35.5. The molecule has 0 bridgehead atoms. The Bertz CT molecular complexity index is 1190. The van der Waals surface area contributed by atoms with Crippen molar-refractivity contribution in [3.63, 3.8) is 0 Å². The van der Waals surface area contributed by atoms with Crippen LogP contribution in [0.3, 0.4) is 0 Å². The Labute approximate surface area is 178 Å². The lowest BCUT2D eigenvalue weighted by Crippen LogP contribution is -2.23. The van der Waals surface area contributed by atoms with Crippen molar-refractivity contribution in [3.8, 4) is 0 Å². The molecule has 0 saturated heterocycles. The fourth-order valence-corrected chi connectivity index (χ4v) is 3.65. The van der Waals surface area contributed by atoms with Crippen molar-refractivity contribution in [2.45, 2.75) is 20.0 Å². The fraction of sp³-hybridized carbons (Fsp3) is 0.136. The van der Waals surface area contributed by atoms with Gasteiger partial charge in [-0.15, -0.1) is 0 Å². The summed E-state index contributed by atoms with van der Waals surface area (Å²) >= 11 is 12.3. The van der Waals surface area contributed by atoms with Gasteiger partial charge in [-0.2, -0.15) is 0 Å². The molecule has 1 N–H and O–H groups in total. The molecule has 0 atom stereocenters. The zero-order valence-corrected chi connectivity index (χ0v) is 17.2. The lowest BCUT2D eigenvalue weighted by Gasteiger charge is -2.10. The number of carbonyl (C=O) groups excluding carboxylic acids is 1. The van der Waals surface area contributed by atoms with Crippen molar-refractivity contribution in [2.24, 2.45) is 0 Å². The molecule has 2 aromatic carbocycles. The molecule has 29 heavy (non-hydrogen) atoms. The Kier molecular flexibility index (Phi) is 5.51. The maximum absolute atomic E-state index is 12.6. The van der Waals surface area contributed by atoms with Crippen molar-refractivity contribution < 1.29 is 4.79 Å². The first-order valence-electron chi connectivity index (χ1n) is 9.10. The van der Waals surface area contributed by atoms with Gasteiger partial charge in [0.05, 0.1) is 29.8 Å². The second-order valence-electron chi connectivity index (χ2n) is 6.69. The van der Waals surface area contributed by atoms with Gasteiger partial charge in [0.1, 0.15) is 5.82 Å². The van der Waals surface area contributed by atoms with E-state index in [1.807, 2.05) is 54.0 Å². The van der Waals surface area contributed by atoms with Crippen LogP contribution < -0.4 is 5.32 Å². The highest BCUT2D eigenvalue weighted by molar-refractivity contribution is 6.35. The number of halogens is 2. The topological polar surface area (TPSA) is 59.8 Å². The molecule has 0 radical (unpaired) electrons. The van der Waals surface area contributed by atoms with Gasteiger partial charge in [0, 0.05) is 21.8 Å². The van der Waals surface area contributed by atoms with Crippen molar-refractivity contribution in [1.82, 2.24) is 19.9 Å². The number of carbonyl (C=O) groups is 1. The molecule has 0 aliphatic heterocycles. The third kappa shape index (κ3) is 4.26. The Hall–Kier alpha value is -2.89. The summed E-state index contributed by atoms with van der Waals surface area (Å²) in [5.41, 5.74) is 4.01. The van der Waals surface area contributed by atoms with Gasteiger partial charge in [0.25, 0.3) is 5.91 Å². The average molecular weight is 425 g/mol. The molecule has 4 aromatic rings. The number of benzene rings is 2. The number of aromatic nitrogens is 3. The van der Waals surface area contributed by atoms with Gasteiger partial charge >= 0.3 is 0 Å². The minimum Gasteiger partial charge on any atom is -0.346 e. The number of fused-ring (bicyclic) bond motifs is 1. The van der Waals surface area contributed by atoms with Gasteiger partial charge in [-0.25, -0.2) is 4.98 Å². The zero-order chi connectivity index (χ0) is 20.4. The van der Waals surface area contributed by atoms with E-state index in [2.05, 4.69) is 15.3 Å². The maximum atomic E-state index is 12.6. The van der Waals surface area contributed by atoms with Crippen LogP contribution in [0.5, 0.6) is 0 Å². The zero-order valence-electron chi connectivity index (χ0n) is 15.7. The van der Waals surface area contributed by atoms with E-state index in [1.54, 1.807) is 18.3 Å². The van der Waals surface area contributed by atoms with Gasteiger partial charge in [0.15, 0.2) is 0 Å². The molecule has 7 heteroatoms. The number of nitrogens with zero attached hydrogens (tertiary/aromatic N) is 3. The number of nitrogens with one attached hydrogen (secondary N) is 1. The third-order valence-corrected chi connectivity index (χ3v) is 5.29. The molecule has 5 nitrogen and oxygen atoms in total. The summed E-state index contributed by atoms with van der Waals surface area (Å²) in [6, 6.07) is 16.5. The van der Waals surface area contributed by atoms with Crippen LogP contribution in [0.2, 0.25) is 10.0 Å². The lowest BCUT2D eigenvalue weighted by molar-refractivity contribution is 0.0950. The molecule has 146 valence electrons. The lowest BCUT2D eigenvalue weighted by atomic mass is 10.1. The molecule has 0 aliphatic carbocycles. The molecule has 0 aliphatic rings. The van der Waals surface area contributed by atoms with Crippen LogP contribution in [-0.2, 0) is 13.1 Å². The predicted octanol–water partition coefficient (Wildman–Crippen LogP) is 5.02. The summed E-state index contributed by atoms with van der Waals surface area (Å²) in [6.45, 7) is 2.85. The minimum absolute atomic E-state index is 0.160. The molecule has 0 saturated carbocycles. The summed E-state index contributed by atoms with van der Waals surface area (Å²) in [5.74, 6) is 0.685. The smallest absolute Gasteiger partial charge is 0.251 e. The summed E-state index contributed by atoms with van der Waals surface area (Å²) in [5, 5.41) is 4.10. The van der Waals surface area contributed by atoms with E-state index >= 15 is 0 Å². The second kappa shape index (κ2) is 8.23. The molecular weight excluding hydrogens is 407 g/mol. The number of aryl methyl sites for hydroxylation is 1.